The van der Waals surface area contributed by atoms with Crippen molar-refractivity contribution in [3.8, 4) is 0 Å². The Morgan fingerprint density at radius 2 is 2.15 bits per heavy atom. The van der Waals surface area contributed by atoms with Crippen LogP contribution in [-0.2, 0) is 7.05 Å². The number of carbonyl (C=O) groups excluding carboxylic acids is 1. The molecule has 1 atom stereocenters. The van der Waals surface area contributed by atoms with Gasteiger partial charge < -0.3 is 9.88 Å². The average Bonchev–Trinajstić information content (AvgIpc) is 3.17. The lowest BCUT2D eigenvalue weighted by molar-refractivity contribution is 0.0694. The van der Waals surface area contributed by atoms with Gasteiger partial charge in [0.2, 0.25) is 0 Å². The van der Waals surface area contributed by atoms with E-state index in [1.54, 1.807) is 11.7 Å². The van der Waals surface area contributed by atoms with E-state index in [4.69, 9.17) is 16.6 Å². The van der Waals surface area contributed by atoms with Crippen LogP contribution in [0, 0.1) is 13.8 Å². The molecule has 0 radical (unpaired) electrons. The third-order valence-electron chi connectivity index (χ3n) is 5.18. The number of rotatable bonds is 2. The molecule has 2 aromatic heterocycles. The largest absolute Gasteiger partial charge is 0.342 e. The van der Waals surface area contributed by atoms with Crippen molar-refractivity contribution in [1.29, 1.82) is 0 Å². The molecule has 3 heterocycles. The molecule has 1 aliphatic rings. The van der Waals surface area contributed by atoms with Crippen LogP contribution in [0.25, 0.3) is 11.0 Å². The summed E-state index contributed by atoms with van der Waals surface area (Å²) in [4.78, 5) is 23.1. The van der Waals surface area contributed by atoms with Gasteiger partial charge in [0, 0.05) is 26.1 Å². The molecule has 136 valence electrons. The molecular formula is C19H22ClN5O. The fourth-order valence-corrected chi connectivity index (χ4v) is 4.03. The van der Waals surface area contributed by atoms with Crippen molar-refractivity contribution in [2.75, 3.05) is 13.1 Å². The number of nitrogens with zero attached hydrogens (tertiary/aromatic N) is 4. The number of fused-ring (bicyclic) bond motifs is 1. The number of likely N-dealkylation sites (tertiary alicyclic amines) is 1. The molecule has 26 heavy (non-hydrogen) atoms. The van der Waals surface area contributed by atoms with Gasteiger partial charge in [0.1, 0.15) is 11.5 Å². The van der Waals surface area contributed by atoms with Gasteiger partial charge in [-0.2, -0.15) is 5.10 Å². The summed E-state index contributed by atoms with van der Waals surface area (Å²) < 4.78 is 1.58. The van der Waals surface area contributed by atoms with E-state index in [9.17, 15) is 4.79 Å². The van der Waals surface area contributed by atoms with Crippen molar-refractivity contribution in [2.45, 2.75) is 32.6 Å². The number of aryl methyl sites for hydroxylation is 3. The Kier molecular flexibility index (Phi) is 4.23. The summed E-state index contributed by atoms with van der Waals surface area (Å²) in [6, 6.07) is 6.14. The fourth-order valence-electron chi connectivity index (χ4n) is 3.79. The second-order valence-electron chi connectivity index (χ2n) is 7.06. The highest BCUT2D eigenvalue weighted by Gasteiger charge is 2.30. The molecule has 0 aliphatic carbocycles. The van der Waals surface area contributed by atoms with E-state index in [1.807, 2.05) is 24.0 Å². The summed E-state index contributed by atoms with van der Waals surface area (Å²) in [5.41, 5.74) is 4.36. The minimum atomic E-state index is -0.0601. The van der Waals surface area contributed by atoms with Crippen molar-refractivity contribution in [3.63, 3.8) is 0 Å². The van der Waals surface area contributed by atoms with Gasteiger partial charge in [-0.25, -0.2) is 4.98 Å². The number of aromatic nitrogens is 4. The van der Waals surface area contributed by atoms with Crippen LogP contribution < -0.4 is 0 Å². The zero-order chi connectivity index (χ0) is 18.4. The number of benzene rings is 1. The highest BCUT2D eigenvalue weighted by atomic mass is 35.5. The Morgan fingerprint density at radius 3 is 2.85 bits per heavy atom. The average molecular weight is 372 g/mol. The maximum absolute atomic E-state index is 13.0. The normalized spacial score (nSPS) is 17.8. The van der Waals surface area contributed by atoms with Crippen LogP contribution in [0.5, 0.6) is 0 Å². The first kappa shape index (κ1) is 17.1. The summed E-state index contributed by atoms with van der Waals surface area (Å²) in [5, 5.41) is 4.70. The number of halogens is 1. The number of aromatic amines is 1. The van der Waals surface area contributed by atoms with E-state index in [1.165, 1.54) is 0 Å². The lowest BCUT2D eigenvalue weighted by atomic mass is 9.97. The number of nitrogens with one attached hydrogen (secondary N) is 1. The van der Waals surface area contributed by atoms with E-state index in [0.29, 0.717) is 23.0 Å². The number of H-pyrrole nitrogens is 1. The van der Waals surface area contributed by atoms with Gasteiger partial charge in [-0.05, 0) is 38.3 Å². The molecule has 4 rings (SSSR count). The first-order valence-corrected chi connectivity index (χ1v) is 9.27. The highest BCUT2D eigenvalue weighted by molar-refractivity contribution is 6.34. The maximum Gasteiger partial charge on any atom is 0.273 e. The number of amides is 1. The number of carbonyl (C=O) groups is 1. The minimum absolute atomic E-state index is 0.0601. The SMILES string of the molecule is Cc1nn(C)c(C(=O)N2CCC[C@@H](c3nc4c(C)cccc4[nH]3)C2)c1Cl. The Bertz CT molecular complexity index is 989. The summed E-state index contributed by atoms with van der Waals surface area (Å²) in [6.45, 7) is 5.25. The quantitative estimate of drug-likeness (QED) is 0.748. The van der Waals surface area contributed by atoms with Crippen molar-refractivity contribution in [2.24, 2.45) is 7.05 Å². The Hall–Kier alpha value is -2.34. The van der Waals surface area contributed by atoms with E-state index in [-0.39, 0.29) is 11.8 Å². The zero-order valence-corrected chi connectivity index (χ0v) is 16.0. The molecule has 0 saturated carbocycles. The third kappa shape index (κ3) is 2.78. The topological polar surface area (TPSA) is 66.8 Å². The van der Waals surface area contributed by atoms with Gasteiger partial charge in [-0.1, -0.05) is 23.7 Å². The van der Waals surface area contributed by atoms with Crippen molar-refractivity contribution in [1.82, 2.24) is 24.6 Å². The summed E-state index contributed by atoms with van der Waals surface area (Å²) in [7, 11) is 1.76. The number of hydrogen-bond acceptors (Lipinski definition) is 3. The molecule has 0 spiro atoms. The van der Waals surface area contributed by atoms with Crippen molar-refractivity contribution < 1.29 is 4.79 Å². The van der Waals surface area contributed by atoms with E-state index in [0.717, 1.165) is 41.8 Å². The summed E-state index contributed by atoms with van der Waals surface area (Å²) in [6.07, 6.45) is 1.96. The number of para-hydroxylation sites is 1. The maximum atomic E-state index is 13.0. The number of imidazole rings is 1. The predicted octanol–water partition coefficient (Wildman–Crippen LogP) is 3.59. The lowest BCUT2D eigenvalue weighted by Gasteiger charge is -2.31. The number of hydrogen-bond donors (Lipinski definition) is 1. The second-order valence-corrected chi connectivity index (χ2v) is 7.43. The Balaban J connectivity index is 1.60. The smallest absolute Gasteiger partial charge is 0.273 e. The van der Waals surface area contributed by atoms with Crippen LogP contribution in [-0.4, -0.2) is 43.6 Å². The lowest BCUT2D eigenvalue weighted by Crippen LogP contribution is -2.40. The molecule has 1 fully saturated rings. The molecule has 0 bridgehead atoms. The zero-order valence-electron chi connectivity index (χ0n) is 15.2. The molecular weight excluding hydrogens is 350 g/mol. The molecule has 1 aromatic carbocycles. The molecule has 7 heteroatoms. The van der Waals surface area contributed by atoms with Gasteiger partial charge in [0.25, 0.3) is 5.91 Å². The highest BCUT2D eigenvalue weighted by Crippen LogP contribution is 2.29. The Morgan fingerprint density at radius 1 is 1.35 bits per heavy atom. The summed E-state index contributed by atoms with van der Waals surface area (Å²) >= 11 is 6.30. The third-order valence-corrected chi connectivity index (χ3v) is 5.63. The van der Waals surface area contributed by atoms with Crippen molar-refractivity contribution >= 4 is 28.5 Å². The Labute approximate surface area is 157 Å². The second kappa shape index (κ2) is 6.43. The van der Waals surface area contributed by atoms with Crippen LogP contribution >= 0.6 is 11.6 Å². The van der Waals surface area contributed by atoms with E-state index >= 15 is 0 Å². The first-order valence-electron chi connectivity index (χ1n) is 8.89. The monoisotopic (exact) mass is 371 g/mol. The molecule has 6 nitrogen and oxygen atoms in total. The van der Waals surface area contributed by atoms with Crippen molar-refractivity contribution in [3.05, 3.63) is 46.0 Å². The van der Waals surface area contributed by atoms with Gasteiger partial charge in [-0.3, -0.25) is 9.48 Å². The van der Waals surface area contributed by atoms with Crippen LogP contribution in [0.15, 0.2) is 18.2 Å². The molecule has 1 saturated heterocycles. The first-order chi connectivity index (χ1) is 12.5. The van der Waals surface area contributed by atoms with Crippen LogP contribution in [0.4, 0.5) is 0 Å². The molecule has 3 aromatic rings. The standard InChI is InChI=1S/C19H22ClN5O/c1-11-6-4-8-14-16(11)22-18(21-14)13-7-5-9-25(10-13)19(26)17-15(20)12(2)23-24(17)3/h4,6,8,13H,5,7,9-10H2,1-3H3,(H,21,22)/t13-/m1/s1. The van der Waals surface area contributed by atoms with Gasteiger partial charge >= 0.3 is 0 Å². The number of piperidine rings is 1. The van der Waals surface area contributed by atoms with Gasteiger partial charge in [-0.15, -0.1) is 0 Å². The minimum Gasteiger partial charge on any atom is -0.342 e. The molecule has 1 N–H and O–H groups in total. The molecule has 1 aliphatic heterocycles. The summed E-state index contributed by atoms with van der Waals surface area (Å²) in [5.74, 6) is 1.10. The predicted molar refractivity (Wildman–Crippen MR) is 102 cm³/mol. The van der Waals surface area contributed by atoms with Crippen LogP contribution in [0.3, 0.4) is 0 Å². The molecule has 0 unspecified atom stereocenters. The van der Waals surface area contributed by atoms with E-state index in [2.05, 4.69) is 23.1 Å². The van der Waals surface area contributed by atoms with Gasteiger partial charge in [0.15, 0.2) is 0 Å². The van der Waals surface area contributed by atoms with Crippen LogP contribution in [0.2, 0.25) is 5.02 Å². The van der Waals surface area contributed by atoms with E-state index < -0.39 is 0 Å². The fraction of sp³-hybridized carbons (Fsp3) is 0.421. The van der Waals surface area contributed by atoms with Crippen LogP contribution in [0.1, 0.15) is 46.3 Å². The molecule has 1 amide bonds. The van der Waals surface area contributed by atoms with Gasteiger partial charge in [0.05, 0.1) is 21.7 Å².